The molecule has 1 atom stereocenters. The molecule has 0 saturated carbocycles. The average Bonchev–Trinajstić information content (AvgIpc) is 2.52. The van der Waals surface area contributed by atoms with E-state index in [1.165, 1.54) is 17.7 Å². The second-order valence-electron chi connectivity index (χ2n) is 5.28. The number of carbonyl (C=O) groups is 1. The maximum absolute atomic E-state index is 13.5. The lowest BCUT2D eigenvalue weighted by molar-refractivity contribution is -0.132. The lowest BCUT2D eigenvalue weighted by Gasteiger charge is -2.15. The van der Waals surface area contributed by atoms with Gasteiger partial charge in [0.2, 0.25) is 0 Å². The van der Waals surface area contributed by atoms with E-state index in [1.54, 1.807) is 19.1 Å². The molecule has 0 aromatic heterocycles. The van der Waals surface area contributed by atoms with Gasteiger partial charge in [0.05, 0.1) is 0 Å². The molecule has 1 N–H and O–H groups in total. The third-order valence-electron chi connectivity index (χ3n) is 3.71. The summed E-state index contributed by atoms with van der Waals surface area (Å²) in [5, 5.41) is 9.12. The van der Waals surface area contributed by atoms with Crippen molar-refractivity contribution in [1.82, 2.24) is 0 Å². The van der Waals surface area contributed by atoms with Crippen molar-refractivity contribution in [3.63, 3.8) is 0 Å². The van der Waals surface area contributed by atoms with Crippen LogP contribution in [0.1, 0.15) is 36.5 Å². The molecular formula is C19H19FO2. The third kappa shape index (κ3) is 3.82. The van der Waals surface area contributed by atoms with Crippen LogP contribution in [-0.2, 0) is 11.2 Å². The summed E-state index contributed by atoms with van der Waals surface area (Å²) in [7, 11) is 0. The Morgan fingerprint density at radius 2 is 1.86 bits per heavy atom. The molecule has 1 unspecified atom stereocenters. The van der Waals surface area contributed by atoms with Gasteiger partial charge in [0.1, 0.15) is 5.82 Å². The first-order valence-electron chi connectivity index (χ1n) is 7.27. The molecular weight excluding hydrogens is 279 g/mol. The van der Waals surface area contributed by atoms with Crippen molar-refractivity contribution in [3.05, 3.63) is 82.7 Å². The minimum atomic E-state index is -0.966. The van der Waals surface area contributed by atoms with Crippen LogP contribution in [0.15, 0.2) is 60.2 Å². The SMILES string of the molecule is CCc1ccc(C(C=C(C)C(=O)O)c2cccc(F)c2)cc1. The summed E-state index contributed by atoms with van der Waals surface area (Å²) in [5.74, 6) is -1.57. The Morgan fingerprint density at radius 1 is 1.18 bits per heavy atom. The summed E-state index contributed by atoms with van der Waals surface area (Å²) < 4.78 is 13.5. The maximum atomic E-state index is 13.5. The van der Waals surface area contributed by atoms with E-state index >= 15 is 0 Å². The number of halogens is 1. The monoisotopic (exact) mass is 298 g/mol. The van der Waals surface area contributed by atoms with Crippen LogP contribution in [0.5, 0.6) is 0 Å². The molecule has 0 fully saturated rings. The van der Waals surface area contributed by atoms with Gasteiger partial charge in [0, 0.05) is 11.5 Å². The van der Waals surface area contributed by atoms with Gasteiger partial charge in [-0.15, -0.1) is 0 Å². The van der Waals surface area contributed by atoms with E-state index in [0.29, 0.717) is 0 Å². The fraction of sp³-hybridized carbons (Fsp3) is 0.211. The summed E-state index contributed by atoms with van der Waals surface area (Å²) in [6.45, 7) is 3.63. The number of aryl methyl sites for hydroxylation is 1. The predicted octanol–water partition coefficient (Wildman–Crippen LogP) is 4.55. The van der Waals surface area contributed by atoms with Crippen LogP contribution in [0, 0.1) is 5.82 Å². The summed E-state index contributed by atoms with van der Waals surface area (Å²) in [4.78, 5) is 11.1. The van der Waals surface area contributed by atoms with Crippen molar-refractivity contribution in [2.24, 2.45) is 0 Å². The summed E-state index contributed by atoms with van der Waals surface area (Å²) in [6.07, 6.45) is 2.60. The molecule has 0 aliphatic heterocycles. The number of allylic oxidation sites excluding steroid dienone is 1. The number of carboxylic acids is 1. The highest BCUT2D eigenvalue weighted by Crippen LogP contribution is 2.28. The largest absolute Gasteiger partial charge is 0.478 e. The van der Waals surface area contributed by atoms with E-state index in [0.717, 1.165) is 17.5 Å². The molecule has 0 aliphatic carbocycles. The fourth-order valence-corrected chi connectivity index (χ4v) is 2.37. The van der Waals surface area contributed by atoms with E-state index in [2.05, 4.69) is 6.92 Å². The van der Waals surface area contributed by atoms with Gasteiger partial charge in [0.15, 0.2) is 0 Å². The Hall–Kier alpha value is -2.42. The van der Waals surface area contributed by atoms with Crippen molar-refractivity contribution >= 4 is 5.97 Å². The fourth-order valence-electron chi connectivity index (χ4n) is 2.37. The van der Waals surface area contributed by atoms with Crippen LogP contribution >= 0.6 is 0 Å². The Bertz CT molecular complexity index is 687. The number of benzene rings is 2. The predicted molar refractivity (Wildman–Crippen MR) is 85.5 cm³/mol. The smallest absolute Gasteiger partial charge is 0.330 e. The first kappa shape index (κ1) is 16.0. The van der Waals surface area contributed by atoms with E-state index in [4.69, 9.17) is 5.11 Å². The molecule has 2 aromatic rings. The molecule has 0 saturated heterocycles. The maximum Gasteiger partial charge on any atom is 0.330 e. The minimum absolute atomic E-state index is 0.244. The molecule has 2 aromatic carbocycles. The summed E-state index contributed by atoms with van der Waals surface area (Å²) in [6, 6.07) is 14.3. The van der Waals surface area contributed by atoms with E-state index in [-0.39, 0.29) is 17.3 Å². The molecule has 3 heteroatoms. The molecule has 0 aliphatic rings. The van der Waals surface area contributed by atoms with Crippen molar-refractivity contribution in [2.45, 2.75) is 26.2 Å². The molecule has 2 nitrogen and oxygen atoms in total. The van der Waals surface area contributed by atoms with Gasteiger partial charge in [-0.1, -0.05) is 49.4 Å². The van der Waals surface area contributed by atoms with Gasteiger partial charge in [-0.25, -0.2) is 9.18 Å². The summed E-state index contributed by atoms with van der Waals surface area (Å²) in [5.41, 5.74) is 3.14. The molecule has 0 spiro atoms. The number of hydrogen-bond acceptors (Lipinski definition) is 1. The standard InChI is InChI=1S/C19H19FO2/c1-3-14-7-9-15(10-8-14)18(11-13(2)19(21)22)16-5-4-6-17(20)12-16/h4-12,18H,3H2,1-2H3,(H,21,22). The highest BCUT2D eigenvalue weighted by atomic mass is 19.1. The van der Waals surface area contributed by atoms with E-state index in [9.17, 15) is 9.18 Å². The van der Waals surface area contributed by atoms with Crippen LogP contribution in [0.3, 0.4) is 0 Å². The van der Waals surface area contributed by atoms with Crippen molar-refractivity contribution < 1.29 is 14.3 Å². The van der Waals surface area contributed by atoms with Crippen LogP contribution in [0.4, 0.5) is 4.39 Å². The quantitative estimate of drug-likeness (QED) is 0.822. The third-order valence-corrected chi connectivity index (χ3v) is 3.71. The first-order chi connectivity index (χ1) is 10.5. The average molecular weight is 298 g/mol. The molecule has 0 radical (unpaired) electrons. The lowest BCUT2D eigenvalue weighted by atomic mass is 9.89. The van der Waals surface area contributed by atoms with E-state index in [1.807, 2.05) is 30.3 Å². The Balaban J connectivity index is 2.49. The summed E-state index contributed by atoms with van der Waals surface area (Å²) >= 11 is 0. The van der Waals surface area contributed by atoms with Crippen molar-refractivity contribution in [3.8, 4) is 0 Å². The molecule has 22 heavy (non-hydrogen) atoms. The molecule has 2 rings (SSSR count). The molecule has 0 amide bonds. The van der Waals surface area contributed by atoms with Gasteiger partial charge < -0.3 is 5.11 Å². The topological polar surface area (TPSA) is 37.3 Å². The second-order valence-corrected chi connectivity index (χ2v) is 5.28. The first-order valence-corrected chi connectivity index (χ1v) is 7.27. The highest BCUT2D eigenvalue weighted by Gasteiger charge is 2.14. The number of hydrogen-bond donors (Lipinski definition) is 1. The van der Waals surface area contributed by atoms with Crippen LogP contribution in [0.25, 0.3) is 0 Å². The normalized spacial score (nSPS) is 13.0. The number of carboxylic acid groups (broad SMARTS) is 1. The number of rotatable bonds is 5. The Labute approximate surface area is 129 Å². The van der Waals surface area contributed by atoms with E-state index < -0.39 is 5.97 Å². The zero-order valence-electron chi connectivity index (χ0n) is 12.7. The van der Waals surface area contributed by atoms with Gasteiger partial charge in [-0.2, -0.15) is 0 Å². The molecule has 114 valence electrons. The number of aliphatic carboxylic acids is 1. The molecule has 0 heterocycles. The minimum Gasteiger partial charge on any atom is -0.478 e. The van der Waals surface area contributed by atoms with Gasteiger partial charge >= 0.3 is 5.97 Å². The van der Waals surface area contributed by atoms with Crippen LogP contribution in [0.2, 0.25) is 0 Å². The second kappa shape index (κ2) is 7.03. The highest BCUT2D eigenvalue weighted by molar-refractivity contribution is 5.86. The van der Waals surface area contributed by atoms with Crippen LogP contribution in [-0.4, -0.2) is 11.1 Å². The van der Waals surface area contributed by atoms with Gasteiger partial charge in [-0.3, -0.25) is 0 Å². The Morgan fingerprint density at radius 3 is 2.41 bits per heavy atom. The molecule has 0 bridgehead atoms. The van der Waals surface area contributed by atoms with Crippen molar-refractivity contribution in [1.29, 1.82) is 0 Å². The lowest BCUT2D eigenvalue weighted by Crippen LogP contribution is -2.04. The van der Waals surface area contributed by atoms with Crippen molar-refractivity contribution in [2.75, 3.05) is 0 Å². The zero-order valence-corrected chi connectivity index (χ0v) is 12.7. The van der Waals surface area contributed by atoms with Gasteiger partial charge in [0.25, 0.3) is 0 Å². The zero-order chi connectivity index (χ0) is 16.1. The van der Waals surface area contributed by atoms with Crippen LogP contribution < -0.4 is 0 Å². The van der Waals surface area contributed by atoms with Gasteiger partial charge in [-0.05, 0) is 42.2 Å². The Kier molecular flexibility index (Phi) is 5.10.